The summed E-state index contributed by atoms with van der Waals surface area (Å²) >= 11 is 4.97. The average Bonchev–Trinajstić information content (AvgIpc) is 2.40. The van der Waals surface area contributed by atoms with E-state index in [1.807, 2.05) is 24.3 Å². The van der Waals surface area contributed by atoms with E-state index in [-0.39, 0.29) is 11.4 Å². The molecule has 0 bridgehead atoms. The third kappa shape index (κ3) is 5.13. The van der Waals surface area contributed by atoms with Crippen LogP contribution < -0.4 is 5.32 Å². The zero-order chi connectivity index (χ0) is 15.5. The van der Waals surface area contributed by atoms with E-state index in [4.69, 9.17) is 0 Å². The van der Waals surface area contributed by atoms with Gasteiger partial charge in [0.25, 0.3) is 0 Å². The minimum atomic E-state index is -0.180. The highest BCUT2D eigenvalue weighted by atomic mass is 79.9. The molecule has 0 aliphatic rings. The van der Waals surface area contributed by atoms with Gasteiger partial charge in [-0.25, -0.2) is 4.39 Å². The van der Waals surface area contributed by atoms with Crippen molar-refractivity contribution in [3.8, 4) is 0 Å². The minimum Gasteiger partial charge on any atom is -0.308 e. The fourth-order valence-corrected chi connectivity index (χ4v) is 3.15. The Morgan fingerprint density at radius 2 is 1.81 bits per heavy atom. The fraction of sp³-hybridized carbons (Fsp3) is 0.294. The zero-order valence-electron chi connectivity index (χ0n) is 12.4. The van der Waals surface area contributed by atoms with Gasteiger partial charge in [-0.1, -0.05) is 39.8 Å². The Morgan fingerprint density at radius 3 is 2.48 bits per heavy atom. The van der Waals surface area contributed by atoms with Crippen molar-refractivity contribution in [3.63, 3.8) is 0 Å². The molecular formula is C17H19BrFNS. The van der Waals surface area contributed by atoms with Crippen molar-refractivity contribution in [2.45, 2.75) is 42.6 Å². The lowest BCUT2D eigenvalue weighted by Crippen LogP contribution is -2.35. The lowest BCUT2D eigenvalue weighted by molar-refractivity contribution is 0.422. The van der Waals surface area contributed by atoms with Crippen molar-refractivity contribution in [1.82, 2.24) is 5.32 Å². The van der Waals surface area contributed by atoms with Crippen LogP contribution in [0.25, 0.3) is 0 Å². The highest BCUT2D eigenvalue weighted by Gasteiger charge is 2.12. The van der Waals surface area contributed by atoms with Crippen LogP contribution in [0.4, 0.5) is 4.39 Å². The Bertz CT molecular complexity index is 622. The van der Waals surface area contributed by atoms with Crippen molar-refractivity contribution in [2.24, 2.45) is 0 Å². The van der Waals surface area contributed by atoms with Crippen LogP contribution in [0.15, 0.2) is 56.7 Å². The van der Waals surface area contributed by atoms with Crippen LogP contribution in [0.1, 0.15) is 26.3 Å². The number of rotatable bonds is 4. The van der Waals surface area contributed by atoms with E-state index >= 15 is 0 Å². The molecule has 0 amide bonds. The SMILES string of the molecule is CC(C)(C)NCc1cc(Br)ccc1Sc1ccccc1F. The second-order valence-electron chi connectivity index (χ2n) is 5.89. The monoisotopic (exact) mass is 367 g/mol. The molecule has 0 unspecified atom stereocenters. The normalized spacial score (nSPS) is 11.7. The molecule has 2 rings (SSSR count). The second kappa shape index (κ2) is 6.95. The number of benzene rings is 2. The smallest absolute Gasteiger partial charge is 0.137 e. The Kier molecular flexibility index (Phi) is 5.47. The average molecular weight is 368 g/mol. The van der Waals surface area contributed by atoms with Crippen LogP contribution in [0.3, 0.4) is 0 Å². The molecule has 0 saturated carbocycles. The molecule has 0 atom stereocenters. The summed E-state index contributed by atoms with van der Waals surface area (Å²) in [5.74, 6) is -0.180. The van der Waals surface area contributed by atoms with Crippen LogP contribution >= 0.6 is 27.7 Å². The van der Waals surface area contributed by atoms with Crippen molar-refractivity contribution >= 4 is 27.7 Å². The molecule has 112 valence electrons. The fourth-order valence-electron chi connectivity index (χ4n) is 1.79. The van der Waals surface area contributed by atoms with Gasteiger partial charge in [-0.2, -0.15) is 0 Å². The number of halogens is 2. The van der Waals surface area contributed by atoms with Gasteiger partial charge in [0, 0.05) is 26.3 Å². The van der Waals surface area contributed by atoms with Crippen molar-refractivity contribution in [1.29, 1.82) is 0 Å². The minimum absolute atomic E-state index is 0.0439. The molecule has 21 heavy (non-hydrogen) atoms. The Labute approximate surface area is 138 Å². The highest BCUT2D eigenvalue weighted by Crippen LogP contribution is 2.33. The quantitative estimate of drug-likeness (QED) is 0.751. The molecule has 1 N–H and O–H groups in total. The summed E-state index contributed by atoms with van der Waals surface area (Å²) in [4.78, 5) is 1.72. The Hall–Kier alpha value is -0.840. The van der Waals surface area contributed by atoms with Gasteiger partial charge in [0.1, 0.15) is 5.82 Å². The van der Waals surface area contributed by atoms with E-state index in [1.54, 1.807) is 6.07 Å². The summed E-state index contributed by atoms with van der Waals surface area (Å²) in [7, 11) is 0. The van der Waals surface area contributed by atoms with Crippen molar-refractivity contribution < 1.29 is 4.39 Å². The lowest BCUT2D eigenvalue weighted by atomic mass is 10.1. The van der Waals surface area contributed by atoms with Gasteiger partial charge in [-0.15, -0.1) is 0 Å². The molecule has 0 aliphatic carbocycles. The van der Waals surface area contributed by atoms with Crippen LogP contribution in [0.5, 0.6) is 0 Å². The molecule has 2 aromatic rings. The molecular weight excluding hydrogens is 349 g/mol. The second-order valence-corrected chi connectivity index (χ2v) is 7.89. The summed E-state index contributed by atoms with van der Waals surface area (Å²) in [6.07, 6.45) is 0. The standard InChI is InChI=1S/C17H19BrFNS/c1-17(2,3)20-11-12-10-13(18)8-9-15(12)21-16-7-5-4-6-14(16)19/h4-10,20H,11H2,1-3H3. The Balaban J connectivity index is 2.25. The van der Waals surface area contributed by atoms with E-state index in [1.165, 1.54) is 17.8 Å². The van der Waals surface area contributed by atoms with E-state index in [2.05, 4.69) is 48.1 Å². The summed E-state index contributed by atoms with van der Waals surface area (Å²) in [5.41, 5.74) is 1.20. The number of hydrogen-bond donors (Lipinski definition) is 1. The van der Waals surface area contributed by atoms with Crippen LogP contribution in [-0.4, -0.2) is 5.54 Å². The van der Waals surface area contributed by atoms with E-state index < -0.39 is 0 Å². The molecule has 0 saturated heterocycles. The molecule has 0 radical (unpaired) electrons. The topological polar surface area (TPSA) is 12.0 Å². The zero-order valence-corrected chi connectivity index (χ0v) is 14.8. The van der Waals surface area contributed by atoms with Gasteiger partial charge in [0.05, 0.1) is 0 Å². The summed E-state index contributed by atoms with van der Waals surface area (Å²) < 4.78 is 14.8. The maximum Gasteiger partial charge on any atom is 0.137 e. The molecule has 0 heterocycles. The first-order chi connectivity index (χ1) is 9.85. The summed E-state index contributed by atoms with van der Waals surface area (Å²) in [6, 6.07) is 13.0. The first kappa shape index (κ1) is 16.5. The molecule has 0 aliphatic heterocycles. The Morgan fingerprint density at radius 1 is 1.10 bits per heavy atom. The highest BCUT2D eigenvalue weighted by molar-refractivity contribution is 9.10. The van der Waals surface area contributed by atoms with Gasteiger partial charge in [-0.3, -0.25) is 0 Å². The molecule has 1 nitrogen and oxygen atoms in total. The third-order valence-corrected chi connectivity index (χ3v) is 4.55. The van der Waals surface area contributed by atoms with E-state index in [0.717, 1.165) is 21.5 Å². The van der Waals surface area contributed by atoms with Gasteiger partial charge in [-0.05, 0) is 56.7 Å². The number of nitrogens with one attached hydrogen (secondary N) is 1. The van der Waals surface area contributed by atoms with Gasteiger partial charge in [0.15, 0.2) is 0 Å². The maximum absolute atomic E-state index is 13.8. The van der Waals surface area contributed by atoms with Crippen molar-refractivity contribution in [3.05, 3.63) is 58.3 Å². The first-order valence-corrected chi connectivity index (χ1v) is 8.42. The van der Waals surface area contributed by atoms with Crippen LogP contribution in [0.2, 0.25) is 0 Å². The lowest BCUT2D eigenvalue weighted by Gasteiger charge is -2.21. The van der Waals surface area contributed by atoms with Gasteiger partial charge >= 0.3 is 0 Å². The maximum atomic E-state index is 13.8. The van der Waals surface area contributed by atoms with E-state index in [0.29, 0.717) is 4.90 Å². The predicted octanol–water partition coefficient (Wildman–Crippen LogP) is 5.63. The molecule has 2 aromatic carbocycles. The molecule has 0 fully saturated rings. The third-order valence-electron chi connectivity index (χ3n) is 2.89. The van der Waals surface area contributed by atoms with E-state index in [9.17, 15) is 4.39 Å². The van der Waals surface area contributed by atoms with Crippen LogP contribution in [-0.2, 0) is 6.54 Å². The summed E-state index contributed by atoms with van der Waals surface area (Å²) in [6.45, 7) is 7.15. The predicted molar refractivity (Wildman–Crippen MR) is 91.3 cm³/mol. The summed E-state index contributed by atoms with van der Waals surface area (Å²) in [5, 5.41) is 3.48. The first-order valence-electron chi connectivity index (χ1n) is 6.81. The van der Waals surface area contributed by atoms with Crippen molar-refractivity contribution in [2.75, 3.05) is 0 Å². The number of hydrogen-bond acceptors (Lipinski definition) is 2. The van der Waals surface area contributed by atoms with Gasteiger partial charge in [0.2, 0.25) is 0 Å². The largest absolute Gasteiger partial charge is 0.308 e. The van der Waals surface area contributed by atoms with Crippen LogP contribution in [0, 0.1) is 5.82 Å². The molecule has 4 heteroatoms. The molecule has 0 aromatic heterocycles. The van der Waals surface area contributed by atoms with Gasteiger partial charge < -0.3 is 5.32 Å². The molecule has 0 spiro atoms.